The molecule has 0 aromatic heterocycles. The van der Waals surface area contributed by atoms with Gasteiger partial charge in [0.25, 0.3) is 0 Å². The SMILES string of the molecule is NC1=NCNCC1. The first-order valence-electron chi connectivity index (χ1n) is 2.39. The number of aliphatic imine (C=N–C) groups is 1. The first-order valence-corrected chi connectivity index (χ1v) is 2.39. The number of hydrogen-bond acceptors (Lipinski definition) is 3. The highest BCUT2D eigenvalue weighted by Gasteiger charge is 1.95. The van der Waals surface area contributed by atoms with Gasteiger partial charge in [0.1, 0.15) is 0 Å². The molecule has 40 valence electrons. The van der Waals surface area contributed by atoms with Crippen molar-refractivity contribution < 1.29 is 0 Å². The van der Waals surface area contributed by atoms with Crippen molar-refractivity contribution in [2.75, 3.05) is 13.2 Å². The van der Waals surface area contributed by atoms with Crippen LogP contribution in [0, 0.1) is 0 Å². The van der Waals surface area contributed by atoms with Crippen LogP contribution in [0.4, 0.5) is 0 Å². The summed E-state index contributed by atoms with van der Waals surface area (Å²) >= 11 is 0. The molecule has 3 N–H and O–H groups in total. The summed E-state index contributed by atoms with van der Waals surface area (Å²) in [6.07, 6.45) is 0.903. The Kier molecular flexibility index (Phi) is 1.26. The van der Waals surface area contributed by atoms with Crippen molar-refractivity contribution in [1.82, 2.24) is 5.32 Å². The molecule has 1 heterocycles. The zero-order valence-electron chi connectivity index (χ0n) is 4.15. The third kappa shape index (κ3) is 1.16. The van der Waals surface area contributed by atoms with Crippen LogP contribution >= 0.6 is 0 Å². The van der Waals surface area contributed by atoms with E-state index >= 15 is 0 Å². The zero-order valence-corrected chi connectivity index (χ0v) is 4.15. The van der Waals surface area contributed by atoms with E-state index in [-0.39, 0.29) is 0 Å². The van der Waals surface area contributed by atoms with Gasteiger partial charge < -0.3 is 5.73 Å². The molecule has 0 amide bonds. The van der Waals surface area contributed by atoms with E-state index in [1.165, 1.54) is 0 Å². The number of nitrogens with one attached hydrogen (secondary N) is 1. The van der Waals surface area contributed by atoms with E-state index in [1.54, 1.807) is 0 Å². The van der Waals surface area contributed by atoms with Crippen LogP contribution in [0.5, 0.6) is 0 Å². The zero-order chi connectivity index (χ0) is 5.11. The number of nitrogens with zero attached hydrogens (tertiary/aromatic N) is 1. The van der Waals surface area contributed by atoms with Crippen molar-refractivity contribution in [3.63, 3.8) is 0 Å². The topological polar surface area (TPSA) is 50.4 Å². The van der Waals surface area contributed by atoms with Crippen molar-refractivity contribution in [2.24, 2.45) is 10.7 Å². The van der Waals surface area contributed by atoms with E-state index < -0.39 is 0 Å². The fraction of sp³-hybridized carbons (Fsp3) is 0.750. The second-order valence-corrected chi connectivity index (χ2v) is 1.56. The quantitative estimate of drug-likeness (QED) is 0.421. The molecule has 0 saturated heterocycles. The number of nitrogens with two attached hydrogens (primary N) is 1. The van der Waals surface area contributed by atoms with E-state index in [4.69, 9.17) is 5.73 Å². The largest absolute Gasteiger partial charge is 0.387 e. The number of amidine groups is 1. The van der Waals surface area contributed by atoms with Crippen molar-refractivity contribution in [3.05, 3.63) is 0 Å². The van der Waals surface area contributed by atoms with Gasteiger partial charge in [0.15, 0.2) is 0 Å². The van der Waals surface area contributed by atoms with E-state index in [0.717, 1.165) is 18.8 Å². The van der Waals surface area contributed by atoms with Gasteiger partial charge in [-0.15, -0.1) is 0 Å². The standard InChI is InChI=1S/C4H9N3/c5-4-1-2-6-3-7-4/h6H,1-3H2,(H2,5,7). The summed E-state index contributed by atoms with van der Waals surface area (Å²) in [6, 6.07) is 0. The molecule has 0 aromatic rings. The minimum atomic E-state index is 0.700. The summed E-state index contributed by atoms with van der Waals surface area (Å²) in [7, 11) is 0. The van der Waals surface area contributed by atoms with Crippen LogP contribution in [0.3, 0.4) is 0 Å². The molecule has 0 bridgehead atoms. The number of rotatable bonds is 0. The van der Waals surface area contributed by atoms with E-state index in [1.807, 2.05) is 0 Å². The summed E-state index contributed by atoms with van der Waals surface area (Å²) in [5.41, 5.74) is 5.34. The van der Waals surface area contributed by atoms with Crippen LogP contribution in [0.1, 0.15) is 6.42 Å². The van der Waals surface area contributed by atoms with Crippen LogP contribution < -0.4 is 11.1 Å². The first kappa shape index (κ1) is 4.59. The Morgan fingerprint density at radius 1 is 1.71 bits per heavy atom. The fourth-order valence-electron chi connectivity index (χ4n) is 0.532. The molecule has 1 aliphatic rings. The maximum Gasteiger partial charge on any atom is 0.0966 e. The lowest BCUT2D eigenvalue weighted by Gasteiger charge is -2.07. The summed E-state index contributed by atoms with van der Waals surface area (Å²) < 4.78 is 0. The van der Waals surface area contributed by atoms with Gasteiger partial charge in [-0.2, -0.15) is 0 Å². The molecule has 7 heavy (non-hydrogen) atoms. The Labute approximate surface area is 42.6 Å². The van der Waals surface area contributed by atoms with Crippen LogP contribution in [-0.4, -0.2) is 19.0 Å². The Balaban J connectivity index is 2.40. The summed E-state index contributed by atoms with van der Waals surface area (Å²) in [5.74, 6) is 0.777. The van der Waals surface area contributed by atoms with Crippen LogP contribution in [0.25, 0.3) is 0 Å². The predicted octanol–water partition coefficient (Wildman–Crippen LogP) is -0.706. The van der Waals surface area contributed by atoms with Crippen LogP contribution in [0.15, 0.2) is 4.99 Å². The lowest BCUT2D eigenvalue weighted by Crippen LogP contribution is -2.29. The molecule has 1 aliphatic heterocycles. The molecule has 0 aromatic carbocycles. The summed E-state index contributed by atoms with van der Waals surface area (Å²) in [4.78, 5) is 3.91. The molecular weight excluding hydrogens is 90.1 g/mol. The number of hydrogen-bond donors (Lipinski definition) is 2. The lowest BCUT2D eigenvalue weighted by molar-refractivity contribution is 0.687. The molecule has 1 rings (SSSR count). The van der Waals surface area contributed by atoms with Gasteiger partial charge in [-0.05, 0) is 0 Å². The normalized spacial score (nSPS) is 21.4. The Hall–Kier alpha value is -0.570. The van der Waals surface area contributed by atoms with E-state index in [0.29, 0.717) is 6.67 Å². The molecule has 0 spiro atoms. The highest BCUT2D eigenvalue weighted by atomic mass is 15.1. The molecule has 0 radical (unpaired) electrons. The second kappa shape index (κ2) is 1.93. The van der Waals surface area contributed by atoms with Gasteiger partial charge in [-0.1, -0.05) is 0 Å². The smallest absolute Gasteiger partial charge is 0.0966 e. The minimum absolute atomic E-state index is 0.700. The van der Waals surface area contributed by atoms with Gasteiger partial charge in [-0.3, -0.25) is 10.3 Å². The van der Waals surface area contributed by atoms with Gasteiger partial charge >= 0.3 is 0 Å². The predicted molar refractivity (Wildman–Crippen MR) is 29.1 cm³/mol. The molecule has 0 unspecified atom stereocenters. The van der Waals surface area contributed by atoms with Crippen molar-refractivity contribution in [3.8, 4) is 0 Å². The molecule has 3 heteroatoms. The molecule has 0 fully saturated rings. The Morgan fingerprint density at radius 3 is 2.86 bits per heavy atom. The summed E-state index contributed by atoms with van der Waals surface area (Å²) in [5, 5.41) is 3.05. The molecule has 0 aliphatic carbocycles. The third-order valence-corrected chi connectivity index (χ3v) is 0.952. The van der Waals surface area contributed by atoms with Crippen LogP contribution in [0.2, 0.25) is 0 Å². The van der Waals surface area contributed by atoms with Crippen molar-refractivity contribution in [1.29, 1.82) is 0 Å². The average Bonchev–Trinajstić information content (AvgIpc) is 1.69. The van der Waals surface area contributed by atoms with Gasteiger partial charge in [-0.25, -0.2) is 0 Å². The average molecular weight is 99.1 g/mol. The van der Waals surface area contributed by atoms with Gasteiger partial charge in [0.05, 0.1) is 12.5 Å². The molecule has 0 atom stereocenters. The highest BCUT2D eigenvalue weighted by molar-refractivity contribution is 5.80. The van der Waals surface area contributed by atoms with Gasteiger partial charge in [0, 0.05) is 13.0 Å². The Bertz CT molecular complexity index is 86.9. The van der Waals surface area contributed by atoms with Gasteiger partial charge in [0.2, 0.25) is 0 Å². The molecule has 0 saturated carbocycles. The van der Waals surface area contributed by atoms with Crippen LogP contribution in [-0.2, 0) is 0 Å². The first-order chi connectivity index (χ1) is 3.39. The summed E-state index contributed by atoms with van der Waals surface area (Å²) in [6.45, 7) is 1.68. The van der Waals surface area contributed by atoms with Crippen molar-refractivity contribution in [2.45, 2.75) is 6.42 Å². The maximum atomic E-state index is 5.34. The highest BCUT2D eigenvalue weighted by Crippen LogP contribution is 1.82. The molecular formula is C4H9N3. The monoisotopic (exact) mass is 99.1 g/mol. The van der Waals surface area contributed by atoms with Crippen molar-refractivity contribution >= 4 is 5.84 Å². The van der Waals surface area contributed by atoms with E-state index in [2.05, 4.69) is 10.3 Å². The third-order valence-electron chi connectivity index (χ3n) is 0.952. The lowest BCUT2D eigenvalue weighted by atomic mass is 10.4. The fourth-order valence-corrected chi connectivity index (χ4v) is 0.532. The second-order valence-electron chi connectivity index (χ2n) is 1.56. The molecule has 3 nitrogen and oxygen atoms in total. The Morgan fingerprint density at radius 2 is 2.57 bits per heavy atom. The van der Waals surface area contributed by atoms with E-state index in [9.17, 15) is 0 Å². The minimum Gasteiger partial charge on any atom is -0.387 e. The maximum absolute atomic E-state index is 5.34.